The molecule has 110 valence electrons. The number of benzene rings is 1. The Labute approximate surface area is 124 Å². The Morgan fingerprint density at radius 2 is 2.05 bits per heavy atom. The summed E-state index contributed by atoms with van der Waals surface area (Å²) in [5, 5.41) is 3.95. The van der Waals surface area contributed by atoms with Gasteiger partial charge in [-0.15, -0.1) is 0 Å². The molecule has 0 amide bonds. The maximum atomic E-state index is 12.2. The summed E-state index contributed by atoms with van der Waals surface area (Å²) in [4.78, 5) is 12.2. The van der Waals surface area contributed by atoms with Crippen LogP contribution in [-0.2, 0) is 14.3 Å². The van der Waals surface area contributed by atoms with Gasteiger partial charge in [0.25, 0.3) is 0 Å². The van der Waals surface area contributed by atoms with Crippen molar-refractivity contribution >= 4 is 23.3 Å². The van der Waals surface area contributed by atoms with Crippen molar-refractivity contribution in [3.8, 4) is 0 Å². The summed E-state index contributed by atoms with van der Waals surface area (Å²) in [5.74, 6) is 0.0350. The minimum absolute atomic E-state index is 0.200. The second-order valence-electron chi connectivity index (χ2n) is 4.83. The van der Waals surface area contributed by atoms with E-state index in [0.717, 1.165) is 18.5 Å². The molecule has 1 heterocycles. The molecule has 0 radical (unpaired) electrons. The molecule has 20 heavy (non-hydrogen) atoms. The molecule has 1 aliphatic rings. The number of anilines is 1. The molecular formula is C15H20ClNO3. The third-order valence-electron chi connectivity index (χ3n) is 3.44. The molecule has 1 fully saturated rings. The van der Waals surface area contributed by atoms with Gasteiger partial charge in [0.2, 0.25) is 0 Å². The van der Waals surface area contributed by atoms with Gasteiger partial charge in [-0.2, -0.15) is 0 Å². The van der Waals surface area contributed by atoms with Crippen LogP contribution in [0.25, 0.3) is 0 Å². The van der Waals surface area contributed by atoms with Gasteiger partial charge in [0.05, 0.1) is 6.61 Å². The molecule has 1 aromatic rings. The van der Waals surface area contributed by atoms with Crippen molar-refractivity contribution in [1.29, 1.82) is 0 Å². The summed E-state index contributed by atoms with van der Waals surface area (Å²) in [6.45, 7) is 3.60. The molecule has 0 aliphatic carbocycles. The number of ether oxygens (including phenoxy) is 2. The van der Waals surface area contributed by atoms with Crippen LogP contribution in [0.2, 0.25) is 5.02 Å². The van der Waals surface area contributed by atoms with Gasteiger partial charge >= 0.3 is 5.97 Å². The summed E-state index contributed by atoms with van der Waals surface area (Å²) >= 11 is 5.87. The molecule has 1 N–H and O–H groups in total. The van der Waals surface area contributed by atoms with Gasteiger partial charge in [-0.25, -0.2) is 4.79 Å². The van der Waals surface area contributed by atoms with E-state index in [4.69, 9.17) is 21.1 Å². The lowest BCUT2D eigenvalue weighted by Crippen LogP contribution is -2.41. The molecule has 1 aromatic carbocycles. The van der Waals surface area contributed by atoms with Gasteiger partial charge in [-0.3, -0.25) is 0 Å². The van der Waals surface area contributed by atoms with Gasteiger partial charge in [0.1, 0.15) is 6.04 Å². The number of nitrogens with one attached hydrogen (secondary N) is 1. The number of rotatable bonds is 5. The Morgan fingerprint density at radius 1 is 1.40 bits per heavy atom. The minimum atomic E-state index is -0.333. The Bertz CT molecular complexity index is 429. The summed E-state index contributed by atoms with van der Waals surface area (Å²) in [5.41, 5.74) is 0.874. The molecule has 1 saturated heterocycles. The summed E-state index contributed by atoms with van der Waals surface area (Å²) in [6.07, 6.45) is 1.73. The van der Waals surface area contributed by atoms with Crippen molar-refractivity contribution in [2.75, 3.05) is 25.1 Å². The number of hydrogen-bond donors (Lipinski definition) is 1. The van der Waals surface area contributed by atoms with E-state index in [1.54, 1.807) is 12.1 Å². The second kappa shape index (κ2) is 7.50. The van der Waals surface area contributed by atoms with Crippen LogP contribution in [0, 0.1) is 5.92 Å². The van der Waals surface area contributed by atoms with Crippen molar-refractivity contribution < 1.29 is 14.3 Å². The van der Waals surface area contributed by atoms with Gasteiger partial charge in [0.15, 0.2) is 0 Å². The van der Waals surface area contributed by atoms with Gasteiger partial charge in [-0.1, -0.05) is 11.6 Å². The number of carbonyl (C=O) groups excluding carboxylic acids is 1. The Morgan fingerprint density at radius 3 is 2.65 bits per heavy atom. The van der Waals surface area contributed by atoms with Crippen LogP contribution in [0.5, 0.6) is 0 Å². The first-order chi connectivity index (χ1) is 9.70. The Hall–Kier alpha value is -1.26. The molecule has 5 heteroatoms. The zero-order valence-electron chi connectivity index (χ0n) is 11.6. The number of hydrogen-bond acceptors (Lipinski definition) is 4. The van der Waals surface area contributed by atoms with Crippen molar-refractivity contribution in [3.05, 3.63) is 29.3 Å². The summed E-state index contributed by atoms with van der Waals surface area (Å²) in [6, 6.07) is 7.01. The first-order valence-corrected chi connectivity index (χ1v) is 7.35. The first kappa shape index (κ1) is 15.1. The van der Waals surface area contributed by atoms with Gasteiger partial charge in [-0.05, 0) is 49.9 Å². The van der Waals surface area contributed by atoms with Crippen molar-refractivity contribution in [1.82, 2.24) is 0 Å². The van der Waals surface area contributed by atoms with E-state index in [1.807, 2.05) is 19.1 Å². The molecular weight excluding hydrogens is 278 g/mol. The van der Waals surface area contributed by atoms with Crippen LogP contribution in [-0.4, -0.2) is 31.8 Å². The van der Waals surface area contributed by atoms with Crippen molar-refractivity contribution in [2.24, 2.45) is 5.92 Å². The number of halogens is 1. The number of esters is 1. The van der Waals surface area contributed by atoms with E-state index in [9.17, 15) is 4.79 Å². The lowest BCUT2D eigenvalue weighted by Gasteiger charge is -2.30. The predicted octanol–water partition coefficient (Wildman–Crippen LogP) is 3.11. The fraction of sp³-hybridized carbons (Fsp3) is 0.533. The van der Waals surface area contributed by atoms with Crippen LogP contribution >= 0.6 is 11.6 Å². The fourth-order valence-electron chi connectivity index (χ4n) is 2.38. The van der Waals surface area contributed by atoms with Crippen molar-refractivity contribution in [3.63, 3.8) is 0 Å². The molecule has 0 bridgehead atoms. The monoisotopic (exact) mass is 297 g/mol. The smallest absolute Gasteiger partial charge is 0.328 e. The van der Waals surface area contributed by atoms with Crippen LogP contribution in [0.1, 0.15) is 19.8 Å². The van der Waals surface area contributed by atoms with E-state index < -0.39 is 0 Å². The molecule has 1 aliphatic heterocycles. The van der Waals surface area contributed by atoms with Crippen LogP contribution in [0.4, 0.5) is 5.69 Å². The van der Waals surface area contributed by atoms with E-state index in [2.05, 4.69) is 5.32 Å². The quantitative estimate of drug-likeness (QED) is 0.848. The van der Waals surface area contributed by atoms with E-state index in [-0.39, 0.29) is 17.9 Å². The molecule has 0 saturated carbocycles. The fourth-order valence-corrected chi connectivity index (χ4v) is 2.50. The zero-order chi connectivity index (χ0) is 14.4. The second-order valence-corrected chi connectivity index (χ2v) is 5.27. The Kier molecular flexibility index (Phi) is 5.68. The van der Waals surface area contributed by atoms with E-state index in [1.165, 1.54) is 0 Å². The van der Waals surface area contributed by atoms with E-state index >= 15 is 0 Å². The third-order valence-corrected chi connectivity index (χ3v) is 3.70. The Balaban J connectivity index is 2.08. The highest BCUT2D eigenvalue weighted by atomic mass is 35.5. The summed E-state index contributed by atoms with van der Waals surface area (Å²) in [7, 11) is 0. The zero-order valence-corrected chi connectivity index (χ0v) is 12.4. The molecule has 2 rings (SSSR count). The highest BCUT2D eigenvalue weighted by Gasteiger charge is 2.30. The average Bonchev–Trinajstić information content (AvgIpc) is 2.48. The lowest BCUT2D eigenvalue weighted by atomic mass is 9.91. The standard InChI is InChI=1S/C15H20ClNO3/c1-2-20-15(18)14(11-7-9-19-10-8-11)17-13-5-3-12(16)4-6-13/h3-6,11,14,17H,2,7-10H2,1H3. The maximum Gasteiger partial charge on any atom is 0.328 e. The SMILES string of the molecule is CCOC(=O)C(Nc1ccc(Cl)cc1)C1CCOCC1. The maximum absolute atomic E-state index is 12.2. The number of carbonyl (C=O) groups is 1. The normalized spacial score (nSPS) is 17.5. The molecule has 0 spiro atoms. The van der Waals surface area contributed by atoms with Gasteiger partial charge in [0, 0.05) is 23.9 Å². The topological polar surface area (TPSA) is 47.6 Å². The highest BCUT2D eigenvalue weighted by molar-refractivity contribution is 6.30. The average molecular weight is 298 g/mol. The molecule has 1 unspecified atom stereocenters. The molecule has 0 aromatic heterocycles. The minimum Gasteiger partial charge on any atom is -0.464 e. The summed E-state index contributed by atoms with van der Waals surface area (Å²) < 4.78 is 10.5. The van der Waals surface area contributed by atoms with Crippen LogP contribution < -0.4 is 5.32 Å². The van der Waals surface area contributed by atoms with Gasteiger partial charge < -0.3 is 14.8 Å². The van der Waals surface area contributed by atoms with Crippen LogP contribution in [0.3, 0.4) is 0 Å². The van der Waals surface area contributed by atoms with E-state index in [0.29, 0.717) is 24.8 Å². The largest absolute Gasteiger partial charge is 0.464 e. The predicted molar refractivity (Wildman–Crippen MR) is 79.0 cm³/mol. The molecule has 1 atom stereocenters. The first-order valence-electron chi connectivity index (χ1n) is 6.97. The molecule has 4 nitrogen and oxygen atoms in total. The van der Waals surface area contributed by atoms with Crippen molar-refractivity contribution in [2.45, 2.75) is 25.8 Å². The van der Waals surface area contributed by atoms with Crippen LogP contribution in [0.15, 0.2) is 24.3 Å². The lowest BCUT2D eigenvalue weighted by molar-refractivity contribution is -0.146. The highest BCUT2D eigenvalue weighted by Crippen LogP contribution is 2.24. The third kappa shape index (κ3) is 4.12.